The molecule has 0 aromatic carbocycles. The van der Waals surface area contributed by atoms with Crippen LogP contribution in [0.4, 0.5) is 0 Å². The number of aliphatic hydroxyl groups is 1. The topological polar surface area (TPSA) is 76.6 Å². The smallest absolute Gasteiger partial charge is 0.244 e. The molecular formula is C13H21N3O3S. The summed E-state index contributed by atoms with van der Waals surface area (Å²) in [6.45, 7) is 2.88. The fourth-order valence-electron chi connectivity index (χ4n) is 3.15. The summed E-state index contributed by atoms with van der Waals surface area (Å²) >= 11 is 0. The van der Waals surface area contributed by atoms with Crippen LogP contribution < -0.4 is 0 Å². The molecule has 7 heteroatoms. The van der Waals surface area contributed by atoms with Crippen molar-refractivity contribution in [1.82, 2.24) is 14.2 Å². The second kappa shape index (κ2) is 5.48. The van der Waals surface area contributed by atoms with Gasteiger partial charge in [0, 0.05) is 37.6 Å². The quantitative estimate of drug-likeness (QED) is 0.845. The highest BCUT2D eigenvalue weighted by atomic mass is 32.2. The van der Waals surface area contributed by atoms with Crippen LogP contribution in [0.25, 0.3) is 0 Å². The van der Waals surface area contributed by atoms with Crippen molar-refractivity contribution in [2.45, 2.75) is 36.8 Å². The molecule has 2 saturated heterocycles. The maximum Gasteiger partial charge on any atom is 0.244 e. The van der Waals surface area contributed by atoms with E-state index in [4.69, 9.17) is 5.11 Å². The van der Waals surface area contributed by atoms with Gasteiger partial charge >= 0.3 is 0 Å². The zero-order chi connectivity index (χ0) is 14.2. The van der Waals surface area contributed by atoms with E-state index in [9.17, 15) is 8.42 Å². The van der Waals surface area contributed by atoms with Gasteiger partial charge in [-0.15, -0.1) is 0 Å². The number of aromatic amines is 1. The molecule has 0 amide bonds. The van der Waals surface area contributed by atoms with Crippen LogP contribution in [-0.4, -0.2) is 59.9 Å². The van der Waals surface area contributed by atoms with Crippen molar-refractivity contribution < 1.29 is 13.5 Å². The number of piperazine rings is 1. The van der Waals surface area contributed by atoms with E-state index < -0.39 is 10.0 Å². The lowest BCUT2D eigenvalue weighted by Gasteiger charge is -2.43. The Labute approximate surface area is 119 Å². The molecule has 0 bridgehead atoms. The summed E-state index contributed by atoms with van der Waals surface area (Å²) in [6, 6.07) is 1.88. The molecule has 3 rings (SSSR count). The van der Waals surface area contributed by atoms with Gasteiger partial charge in [-0.3, -0.25) is 4.90 Å². The zero-order valence-corrected chi connectivity index (χ0v) is 12.3. The second-order valence-corrected chi connectivity index (χ2v) is 7.51. The van der Waals surface area contributed by atoms with Gasteiger partial charge < -0.3 is 10.1 Å². The van der Waals surface area contributed by atoms with E-state index in [0.29, 0.717) is 24.8 Å². The van der Waals surface area contributed by atoms with Gasteiger partial charge in [-0.25, -0.2) is 8.42 Å². The molecule has 0 spiro atoms. The van der Waals surface area contributed by atoms with E-state index >= 15 is 0 Å². The number of hydrogen-bond acceptors (Lipinski definition) is 4. The predicted molar refractivity (Wildman–Crippen MR) is 74.7 cm³/mol. The molecule has 3 heterocycles. The number of nitrogens with one attached hydrogen (secondary N) is 1. The van der Waals surface area contributed by atoms with Gasteiger partial charge in [0.05, 0.1) is 11.5 Å². The molecule has 0 radical (unpaired) electrons. The first kappa shape index (κ1) is 14.1. The summed E-state index contributed by atoms with van der Waals surface area (Å²) in [5.41, 5.74) is 0.528. The molecule has 2 N–H and O–H groups in total. The lowest BCUT2D eigenvalue weighted by Crippen LogP contribution is -2.56. The molecule has 0 saturated carbocycles. The Morgan fingerprint density at radius 2 is 2.15 bits per heavy atom. The largest absolute Gasteiger partial charge is 0.390 e. The Bertz CT molecular complexity index is 569. The van der Waals surface area contributed by atoms with E-state index in [-0.39, 0.29) is 11.5 Å². The Morgan fingerprint density at radius 3 is 2.90 bits per heavy atom. The third kappa shape index (κ3) is 2.50. The summed E-state index contributed by atoms with van der Waals surface area (Å²) in [4.78, 5) is 5.45. The van der Waals surface area contributed by atoms with Crippen LogP contribution in [0.1, 0.15) is 25.0 Å². The number of fused-ring (bicyclic) bond motifs is 1. The highest BCUT2D eigenvalue weighted by Gasteiger charge is 2.35. The van der Waals surface area contributed by atoms with Crippen molar-refractivity contribution in [3.8, 4) is 0 Å². The van der Waals surface area contributed by atoms with Crippen molar-refractivity contribution in [2.24, 2.45) is 0 Å². The number of sulfonamides is 1. The first-order valence-electron chi connectivity index (χ1n) is 7.13. The summed E-state index contributed by atoms with van der Waals surface area (Å²) in [5.74, 6) is 0. The summed E-state index contributed by atoms with van der Waals surface area (Å²) in [7, 11) is -3.44. The van der Waals surface area contributed by atoms with E-state index in [0.717, 1.165) is 19.5 Å². The molecule has 2 aliphatic heterocycles. The monoisotopic (exact) mass is 299 g/mol. The Hall–Kier alpha value is -0.890. The third-order valence-corrected chi connectivity index (χ3v) is 6.17. The highest BCUT2D eigenvalue weighted by molar-refractivity contribution is 7.89. The van der Waals surface area contributed by atoms with Crippen LogP contribution in [-0.2, 0) is 16.6 Å². The van der Waals surface area contributed by atoms with Gasteiger partial charge in [-0.05, 0) is 25.5 Å². The maximum absolute atomic E-state index is 12.6. The van der Waals surface area contributed by atoms with Gasteiger partial charge in [0.2, 0.25) is 10.0 Å². The maximum atomic E-state index is 12.6. The minimum Gasteiger partial charge on any atom is -0.390 e. The predicted octanol–water partition coefficient (Wildman–Crippen LogP) is 0.366. The number of hydrogen-bond donors (Lipinski definition) is 2. The summed E-state index contributed by atoms with van der Waals surface area (Å²) in [6.07, 6.45) is 4.96. The lowest BCUT2D eigenvalue weighted by atomic mass is 10.0. The normalized spacial score (nSPS) is 25.6. The molecule has 0 aliphatic carbocycles. The van der Waals surface area contributed by atoms with Crippen LogP contribution in [0.3, 0.4) is 0 Å². The van der Waals surface area contributed by atoms with Gasteiger partial charge in [0.25, 0.3) is 0 Å². The van der Waals surface area contributed by atoms with E-state index in [1.807, 2.05) is 0 Å². The highest BCUT2D eigenvalue weighted by Crippen LogP contribution is 2.25. The molecule has 2 fully saturated rings. The van der Waals surface area contributed by atoms with Crippen LogP contribution in [0.2, 0.25) is 0 Å². The van der Waals surface area contributed by atoms with Crippen molar-refractivity contribution in [2.75, 3.05) is 26.2 Å². The standard InChI is InChI=1S/C13H21N3O3S/c17-10-11-7-13(8-14-11)20(18,19)16-6-5-15-4-2-1-3-12(15)9-16/h7-8,12,14,17H,1-6,9-10H2. The van der Waals surface area contributed by atoms with E-state index in [1.54, 1.807) is 4.31 Å². The minimum absolute atomic E-state index is 0.175. The second-order valence-electron chi connectivity index (χ2n) is 5.57. The number of piperidine rings is 1. The first-order chi connectivity index (χ1) is 9.61. The number of H-pyrrole nitrogens is 1. The van der Waals surface area contributed by atoms with Crippen molar-refractivity contribution >= 4 is 10.0 Å². The lowest BCUT2D eigenvalue weighted by molar-refractivity contribution is 0.0852. The van der Waals surface area contributed by atoms with Gasteiger partial charge in [-0.1, -0.05) is 6.42 Å². The average Bonchev–Trinajstić information content (AvgIpc) is 2.96. The van der Waals surface area contributed by atoms with E-state index in [1.165, 1.54) is 25.1 Å². The fraction of sp³-hybridized carbons (Fsp3) is 0.692. The van der Waals surface area contributed by atoms with Crippen LogP contribution in [0, 0.1) is 0 Å². The molecule has 1 unspecified atom stereocenters. The number of aromatic nitrogens is 1. The SMILES string of the molecule is O=S(=O)(c1c[nH]c(CO)c1)N1CCN2CCCCC2C1. The van der Waals surface area contributed by atoms with Crippen LogP contribution in [0.5, 0.6) is 0 Å². The Morgan fingerprint density at radius 1 is 1.30 bits per heavy atom. The summed E-state index contributed by atoms with van der Waals surface area (Å²) in [5, 5.41) is 9.04. The molecule has 1 atom stereocenters. The van der Waals surface area contributed by atoms with Gasteiger partial charge in [0.15, 0.2) is 0 Å². The molecule has 20 heavy (non-hydrogen) atoms. The molecule has 1 aromatic heterocycles. The third-order valence-electron chi connectivity index (χ3n) is 4.32. The first-order valence-corrected chi connectivity index (χ1v) is 8.57. The average molecular weight is 299 g/mol. The van der Waals surface area contributed by atoms with Gasteiger partial charge in [0.1, 0.15) is 0 Å². The van der Waals surface area contributed by atoms with Crippen LogP contribution in [0.15, 0.2) is 17.2 Å². The molecule has 112 valence electrons. The number of rotatable bonds is 3. The molecule has 1 aromatic rings. The van der Waals surface area contributed by atoms with Gasteiger partial charge in [-0.2, -0.15) is 4.31 Å². The van der Waals surface area contributed by atoms with Crippen molar-refractivity contribution in [3.05, 3.63) is 18.0 Å². The molecular weight excluding hydrogens is 278 g/mol. The number of nitrogens with zero attached hydrogens (tertiary/aromatic N) is 2. The van der Waals surface area contributed by atoms with E-state index in [2.05, 4.69) is 9.88 Å². The Balaban J connectivity index is 1.77. The molecule has 6 nitrogen and oxygen atoms in total. The molecule has 2 aliphatic rings. The van der Waals surface area contributed by atoms with Crippen molar-refractivity contribution in [3.63, 3.8) is 0 Å². The Kier molecular flexibility index (Phi) is 3.85. The van der Waals surface area contributed by atoms with Crippen LogP contribution >= 0.6 is 0 Å². The zero-order valence-electron chi connectivity index (χ0n) is 11.5. The summed E-state index contributed by atoms with van der Waals surface area (Å²) < 4.78 is 26.8. The minimum atomic E-state index is -3.44. The fourth-order valence-corrected chi connectivity index (χ4v) is 4.64. The number of aliphatic hydroxyl groups excluding tert-OH is 1. The van der Waals surface area contributed by atoms with Crippen molar-refractivity contribution in [1.29, 1.82) is 0 Å².